The number of hydrogen-bond donors (Lipinski definition) is 1. The van der Waals surface area contributed by atoms with Crippen LogP contribution in [0.15, 0.2) is 35.7 Å². The maximum Gasteiger partial charge on any atom is 0.110 e. The number of nitrogens with zero attached hydrogens (tertiary/aromatic N) is 1. The van der Waals surface area contributed by atoms with E-state index >= 15 is 0 Å². The molecule has 1 atom stereocenters. The molecular weight excluding hydrogens is 228 g/mol. The third-order valence-corrected chi connectivity index (χ3v) is 3.61. The van der Waals surface area contributed by atoms with Crippen LogP contribution in [0.25, 0.3) is 11.3 Å². The average molecular weight is 246 g/mol. The molecule has 0 aliphatic heterocycles. The van der Waals surface area contributed by atoms with Crippen molar-refractivity contribution < 1.29 is 0 Å². The van der Waals surface area contributed by atoms with E-state index in [2.05, 4.69) is 36.3 Å². The van der Waals surface area contributed by atoms with Crippen LogP contribution in [0.3, 0.4) is 0 Å². The minimum absolute atomic E-state index is 0.0671. The van der Waals surface area contributed by atoms with Crippen molar-refractivity contribution in [3.63, 3.8) is 0 Å². The summed E-state index contributed by atoms with van der Waals surface area (Å²) in [5.74, 6) is 0.606. The maximum atomic E-state index is 6.14. The molecule has 1 aromatic carbocycles. The van der Waals surface area contributed by atoms with Gasteiger partial charge in [-0.2, -0.15) is 0 Å². The Morgan fingerprint density at radius 3 is 2.59 bits per heavy atom. The first kappa shape index (κ1) is 12.3. The lowest BCUT2D eigenvalue weighted by atomic mass is 10.1. The molecule has 0 saturated carbocycles. The summed E-state index contributed by atoms with van der Waals surface area (Å²) in [6.45, 7) is 4.37. The molecule has 2 N–H and O–H groups in total. The van der Waals surface area contributed by atoms with Gasteiger partial charge < -0.3 is 5.73 Å². The predicted molar refractivity (Wildman–Crippen MR) is 73.9 cm³/mol. The molecule has 0 spiro atoms. The molecule has 1 aromatic heterocycles. The molecule has 1 heterocycles. The Morgan fingerprint density at radius 2 is 1.94 bits per heavy atom. The standard InChI is InChI=1S/C14H18N2S/c1-10(2)8-12(15)14-16-13(9-17-14)11-6-4-3-5-7-11/h3-7,9-10,12H,8,15H2,1-2H3. The average Bonchev–Trinajstić information content (AvgIpc) is 2.78. The van der Waals surface area contributed by atoms with Gasteiger partial charge in [-0.15, -0.1) is 11.3 Å². The van der Waals surface area contributed by atoms with Gasteiger partial charge in [0.2, 0.25) is 0 Å². The van der Waals surface area contributed by atoms with Crippen LogP contribution in [0.5, 0.6) is 0 Å². The van der Waals surface area contributed by atoms with Crippen LogP contribution < -0.4 is 5.73 Å². The minimum Gasteiger partial charge on any atom is -0.322 e. The van der Waals surface area contributed by atoms with Crippen LogP contribution in [-0.2, 0) is 0 Å². The van der Waals surface area contributed by atoms with E-state index < -0.39 is 0 Å². The first-order valence-corrected chi connectivity index (χ1v) is 6.81. The summed E-state index contributed by atoms with van der Waals surface area (Å²) in [6, 6.07) is 10.3. The number of thiazole rings is 1. The highest BCUT2D eigenvalue weighted by Gasteiger charge is 2.13. The van der Waals surface area contributed by atoms with Gasteiger partial charge in [0.25, 0.3) is 0 Å². The van der Waals surface area contributed by atoms with Gasteiger partial charge in [0.15, 0.2) is 0 Å². The monoisotopic (exact) mass is 246 g/mol. The second-order valence-electron chi connectivity index (χ2n) is 4.67. The topological polar surface area (TPSA) is 38.9 Å². The van der Waals surface area contributed by atoms with Crippen LogP contribution in [0.2, 0.25) is 0 Å². The molecule has 3 heteroatoms. The van der Waals surface area contributed by atoms with Crippen molar-refractivity contribution in [3.05, 3.63) is 40.7 Å². The van der Waals surface area contributed by atoms with Crippen molar-refractivity contribution in [1.29, 1.82) is 0 Å². The highest BCUT2D eigenvalue weighted by atomic mass is 32.1. The predicted octanol–water partition coefficient (Wildman–Crippen LogP) is 3.86. The van der Waals surface area contributed by atoms with Gasteiger partial charge in [0, 0.05) is 10.9 Å². The molecule has 2 aromatic rings. The largest absolute Gasteiger partial charge is 0.322 e. The minimum atomic E-state index is 0.0671. The Bertz CT molecular complexity index is 462. The van der Waals surface area contributed by atoms with Crippen molar-refractivity contribution in [2.45, 2.75) is 26.3 Å². The first-order chi connectivity index (χ1) is 8.16. The van der Waals surface area contributed by atoms with Crippen LogP contribution in [-0.4, -0.2) is 4.98 Å². The normalized spacial score (nSPS) is 12.9. The van der Waals surface area contributed by atoms with E-state index in [1.807, 2.05) is 18.2 Å². The van der Waals surface area contributed by atoms with Crippen molar-refractivity contribution in [2.75, 3.05) is 0 Å². The number of benzene rings is 1. The second kappa shape index (κ2) is 5.43. The Hall–Kier alpha value is -1.19. The molecule has 90 valence electrons. The Balaban J connectivity index is 2.16. The summed E-state index contributed by atoms with van der Waals surface area (Å²) in [4.78, 5) is 4.63. The highest BCUT2D eigenvalue weighted by Crippen LogP contribution is 2.27. The summed E-state index contributed by atoms with van der Waals surface area (Å²) >= 11 is 1.66. The molecule has 2 nitrogen and oxygen atoms in total. The zero-order chi connectivity index (χ0) is 12.3. The first-order valence-electron chi connectivity index (χ1n) is 5.93. The molecule has 0 amide bonds. The fraction of sp³-hybridized carbons (Fsp3) is 0.357. The lowest BCUT2D eigenvalue weighted by Gasteiger charge is -2.10. The number of aromatic nitrogens is 1. The lowest BCUT2D eigenvalue weighted by Crippen LogP contribution is -2.12. The van der Waals surface area contributed by atoms with E-state index in [0.717, 1.165) is 22.7 Å². The second-order valence-corrected chi connectivity index (χ2v) is 5.56. The van der Waals surface area contributed by atoms with E-state index in [9.17, 15) is 0 Å². The quantitative estimate of drug-likeness (QED) is 0.889. The Morgan fingerprint density at radius 1 is 1.24 bits per heavy atom. The van der Waals surface area contributed by atoms with Gasteiger partial charge >= 0.3 is 0 Å². The summed E-state index contributed by atoms with van der Waals surface area (Å²) in [5.41, 5.74) is 8.33. The molecule has 0 fully saturated rings. The SMILES string of the molecule is CC(C)CC(N)c1nc(-c2ccccc2)cs1. The molecule has 0 radical (unpaired) electrons. The van der Waals surface area contributed by atoms with Crippen molar-refractivity contribution >= 4 is 11.3 Å². The zero-order valence-electron chi connectivity index (χ0n) is 10.3. The summed E-state index contributed by atoms with van der Waals surface area (Å²) < 4.78 is 0. The summed E-state index contributed by atoms with van der Waals surface area (Å²) in [5, 5.41) is 3.13. The third-order valence-electron chi connectivity index (χ3n) is 2.63. The smallest absolute Gasteiger partial charge is 0.110 e. The van der Waals surface area contributed by atoms with E-state index in [1.54, 1.807) is 11.3 Å². The number of nitrogens with two attached hydrogens (primary N) is 1. The van der Waals surface area contributed by atoms with Crippen molar-refractivity contribution in [3.8, 4) is 11.3 Å². The molecule has 0 aliphatic rings. The van der Waals surface area contributed by atoms with E-state index in [1.165, 1.54) is 0 Å². The summed E-state index contributed by atoms with van der Waals surface area (Å²) in [6.07, 6.45) is 0.988. The zero-order valence-corrected chi connectivity index (χ0v) is 11.1. The lowest BCUT2D eigenvalue weighted by molar-refractivity contribution is 0.508. The Labute approximate surface area is 107 Å². The van der Waals surface area contributed by atoms with Gasteiger partial charge in [0.1, 0.15) is 5.01 Å². The Kier molecular flexibility index (Phi) is 3.92. The van der Waals surface area contributed by atoms with Crippen molar-refractivity contribution in [2.24, 2.45) is 11.7 Å². The van der Waals surface area contributed by atoms with Crippen LogP contribution >= 0.6 is 11.3 Å². The third kappa shape index (κ3) is 3.14. The van der Waals surface area contributed by atoms with Crippen LogP contribution in [0.1, 0.15) is 31.3 Å². The van der Waals surface area contributed by atoms with E-state index in [-0.39, 0.29) is 6.04 Å². The van der Waals surface area contributed by atoms with Gasteiger partial charge in [0.05, 0.1) is 11.7 Å². The van der Waals surface area contributed by atoms with Gasteiger partial charge in [-0.3, -0.25) is 0 Å². The van der Waals surface area contributed by atoms with Gasteiger partial charge in [-0.05, 0) is 12.3 Å². The van der Waals surface area contributed by atoms with Gasteiger partial charge in [-0.25, -0.2) is 4.98 Å². The fourth-order valence-electron chi connectivity index (χ4n) is 1.81. The molecule has 2 rings (SSSR count). The fourth-order valence-corrected chi connectivity index (χ4v) is 2.65. The number of rotatable bonds is 4. The molecule has 17 heavy (non-hydrogen) atoms. The van der Waals surface area contributed by atoms with E-state index in [0.29, 0.717) is 5.92 Å². The van der Waals surface area contributed by atoms with Gasteiger partial charge in [-0.1, -0.05) is 44.2 Å². The maximum absolute atomic E-state index is 6.14. The highest BCUT2D eigenvalue weighted by molar-refractivity contribution is 7.10. The summed E-state index contributed by atoms with van der Waals surface area (Å²) in [7, 11) is 0. The molecule has 0 bridgehead atoms. The molecule has 1 unspecified atom stereocenters. The molecule has 0 saturated heterocycles. The van der Waals surface area contributed by atoms with E-state index in [4.69, 9.17) is 5.73 Å². The number of hydrogen-bond acceptors (Lipinski definition) is 3. The molecule has 0 aliphatic carbocycles. The molecular formula is C14H18N2S. The van der Waals surface area contributed by atoms with Crippen LogP contribution in [0, 0.1) is 5.92 Å². The van der Waals surface area contributed by atoms with Crippen molar-refractivity contribution in [1.82, 2.24) is 4.98 Å². The van der Waals surface area contributed by atoms with Crippen LogP contribution in [0.4, 0.5) is 0 Å².